The molecule has 1 fully saturated rings. The molecule has 2 heterocycles. The minimum Gasteiger partial charge on any atom is -0.495 e. The van der Waals surface area contributed by atoms with Crippen LogP contribution in [0.2, 0.25) is 0 Å². The Hall–Kier alpha value is -1.11. The zero-order chi connectivity index (χ0) is 17.4. The highest BCUT2D eigenvalue weighted by Gasteiger charge is 2.19. The number of nitrogens with one attached hydrogen (secondary N) is 1. The van der Waals surface area contributed by atoms with Crippen molar-refractivity contribution in [2.24, 2.45) is 0 Å². The zero-order valence-electron chi connectivity index (χ0n) is 15.2. The van der Waals surface area contributed by atoms with Crippen LogP contribution in [-0.4, -0.2) is 69.1 Å². The molecular weight excluding hydrogens is 322 g/mol. The molecule has 5 nitrogen and oxygen atoms in total. The van der Waals surface area contributed by atoms with E-state index in [1.54, 1.807) is 7.11 Å². The molecule has 0 bridgehead atoms. The smallest absolute Gasteiger partial charge is 0.265 e. The maximum absolute atomic E-state index is 12.1. The second kappa shape index (κ2) is 10.0. The molecule has 136 valence electrons. The van der Waals surface area contributed by atoms with Crippen molar-refractivity contribution in [3.63, 3.8) is 0 Å². The van der Waals surface area contributed by atoms with E-state index in [-0.39, 0.29) is 5.91 Å². The normalized spacial score (nSPS) is 16.5. The van der Waals surface area contributed by atoms with Crippen LogP contribution in [0.5, 0.6) is 5.75 Å². The summed E-state index contributed by atoms with van der Waals surface area (Å²) in [5, 5.41) is 4.87. The van der Waals surface area contributed by atoms with Gasteiger partial charge in [-0.15, -0.1) is 11.3 Å². The summed E-state index contributed by atoms with van der Waals surface area (Å²) in [6.07, 6.45) is 5.94. The van der Waals surface area contributed by atoms with Crippen molar-refractivity contribution >= 4 is 17.2 Å². The summed E-state index contributed by atoms with van der Waals surface area (Å²) in [5.74, 6) is 0.641. The third-order valence-corrected chi connectivity index (χ3v) is 5.73. The number of likely N-dealkylation sites (tertiary alicyclic amines) is 1. The topological polar surface area (TPSA) is 44.8 Å². The Labute approximate surface area is 150 Å². The lowest BCUT2D eigenvalue weighted by Crippen LogP contribution is -2.42. The molecule has 1 aromatic heterocycles. The van der Waals surface area contributed by atoms with Gasteiger partial charge >= 0.3 is 0 Å². The van der Waals surface area contributed by atoms with Gasteiger partial charge in [0, 0.05) is 12.6 Å². The SMILES string of the molecule is COc1ccsc1C(=O)NCCCCCN(C)C1CCN(C)CC1. The Morgan fingerprint density at radius 1 is 1.38 bits per heavy atom. The number of rotatable bonds is 9. The fourth-order valence-corrected chi connectivity index (χ4v) is 3.96. The summed E-state index contributed by atoms with van der Waals surface area (Å²) in [4.78, 5) is 17.7. The first-order valence-electron chi connectivity index (χ1n) is 8.90. The van der Waals surface area contributed by atoms with Gasteiger partial charge in [-0.1, -0.05) is 6.42 Å². The van der Waals surface area contributed by atoms with E-state index in [2.05, 4.69) is 29.2 Å². The third kappa shape index (κ3) is 5.76. The second-order valence-electron chi connectivity index (χ2n) is 6.65. The van der Waals surface area contributed by atoms with E-state index in [0.29, 0.717) is 10.6 Å². The number of ether oxygens (including phenoxy) is 1. The first-order chi connectivity index (χ1) is 11.6. The van der Waals surface area contributed by atoms with Crippen molar-refractivity contribution in [1.29, 1.82) is 0 Å². The van der Waals surface area contributed by atoms with Gasteiger partial charge in [-0.2, -0.15) is 0 Å². The predicted octanol–water partition coefficient (Wildman–Crippen LogP) is 2.68. The average molecular weight is 354 g/mol. The Kier molecular flexibility index (Phi) is 8.02. The molecule has 0 aromatic carbocycles. The fourth-order valence-electron chi connectivity index (χ4n) is 3.19. The molecule has 0 atom stereocenters. The summed E-state index contributed by atoms with van der Waals surface area (Å²) >= 11 is 1.42. The molecule has 24 heavy (non-hydrogen) atoms. The molecule has 1 aliphatic rings. The molecule has 1 saturated heterocycles. The van der Waals surface area contributed by atoms with E-state index in [1.165, 1.54) is 43.7 Å². The molecule has 1 aromatic rings. The van der Waals surface area contributed by atoms with E-state index in [0.717, 1.165) is 32.0 Å². The number of hydrogen-bond donors (Lipinski definition) is 1. The number of methoxy groups -OCH3 is 1. The second-order valence-corrected chi connectivity index (χ2v) is 7.57. The third-order valence-electron chi connectivity index (χ3n) is 4.84. The van der Waals surface area contributed by atoms with Gasteiger partial charge in [-0.25, -0.2) is 0 Å². The molecule has 6 heteroatoms. The van der Waals surface area contributed by atoms with Crippen LogP contribution in [-0.2, 0) is 0 Å². The van der Waals surface area contributed by atoms with Gasteiger partial charge in [0.05, 0.1) is 7.11 Å². The standard InChI is InChI=1S/C18H31N3O2S/c1-20-12-7-15(8-13-20)21(2)11-6-4-5-10-19-18(22)17-16(23-3)9-14-24-17/h9,14-15H,4-8,10-13H2,1-3H3,(H,19,22). The summed E-state index contributed by atoms with van der Waals surface area (Å²) in [6.45, 7) is 4.32. The lowest BCUT2D eigenvalue weighted by molar-refractivity contribution is 0.0954. The van der Waals surface area contributed by atoms with Crippen LogP contribution in [0, 0.1) is 0 Å². The number of nitrogens with zero attached hydrogens (tertiary/aromatic N) is 2. The van der Waals surface area contributed by atoms with Crippen molar-refractivity contribution in [1.82, 2.24) is 15.1 Å². The number of hydrogen-bond acceptors (Lipinski definition) is 5. The number of unbranched alkanes of at least 4 members (excludes halogenated alkanes) is 2. The molecule has 0 unspecified atom stereocenters. The van der Waals surface area contributed by atoms with Crippen molar-refractivity contribution in [2.45, 2.75) is 38.1 Å². The lowest BCUT2D eigenvalue weighted by Gasteiger charge is -2.35. The van der Waals surface area contributed by atoms with Gasteiger partial charge in [-0.05, 0) is 70.9 Å². The highest BCUT2D eigenvalue weighted by atomic mass is 32.1. The van der Waals surface area contributed by atoms with Gasteiger partial charge < -0.3 is 19.9 Å². The van der Waals surface area contributed by atoms with Crippen molar-refractivity contribution < 1.29 is 9.53 Å². The molecule has 0 radical (unpaired) electrons. The van der Waals surface area contributed by atoms with Gasteiger partial charge in [0.25, 0.3) is 5.91 Å². The first-order valence-corrected chi connectivity index (χ1v) is 9.78. The van der Waals surface area contributed by atoms with Crippen LogP contribution in [0.4, 0.5) is 0 Å². The van der Waals surface area contributed by atoms with Gasteiger partial charge in [0.2, 0.25) is 0 Å². The number of piperidine rings is 1. The Bertz CT molecular complexity index is 498. The molecule has 0 aliphatic carbocycles. The van der Waals surface area contributed by atoms with Gasteiger partial charge in [-0.3, -0.25) is 4.79 Å². The Morgan fingerprint density at radius 3 is 2.83 bits per heavy atom. The van der Waals surface area contributed by atoms with E-state index in [9.17, 15) is 4.79 Å². The monoisotopic (exact) mass is 353 g/mol. The quantitative estimate of drug-likeness (QED) is 0.693. The van der Waals surface area contributed by atoms with E-state index in [4.69, 9.17) is 4.74 Å². The van der Waals surface area contributed by atoms with Crippen molar-refractivity contribution in [2.75, 3.05) is 47.4 Å². The number of carbonyl (C=O) groups excluding carboxylic acids is 1. The lowest BCUT2D eigenvalue weighted by atomic mass is 10.0. The average Bonchev–Trinajstić information content (AvgIpc) is 3.07. The molecular formula is C18H31N3O2S. The van der Waals surface area contributed by atoms with Gasteiger partial charge in [0.15, 0.2) is 0 Å². The largest absolute Gasteiger partial charge is 0.495 e. The van der Waals surface area contributed by atoms with Crippen molar-refractivity contribution in [3.8, 4) is 5.75 Å². The zero-order valence-corrected chi connectivity index (χ0v) is 16.0. The van der Waals surface area contributed by atoms with Crippen LogP contribution in [0.15, 0.2) is 11.4 Å². The van der Waals surface area contributed by atoms with E-state index in [1.807, 2.05) is 11.4 Å². The minimum absolute atomic E-state index is 0.0229. The molecule has 0 saturated carbocycles. The van der Waals surface area contributed by atoms with Crippen LogP contribution in [0.25, 0.3) is 0 Å². The summed E-state index contributed by atoms with van der Waals surface area (Å²) < 4.78 is 5.18. The van der Waals surface area contributed by atoms with E-state index < -0.39 is 0 Å². The highest BCUT2D eigenvalue weighted by molar-refractivity contribution is 7.12. The summed E-state index contributed by atoms with van der Waals surface area (Å²) in [7, 11) is 6.05. The maximum Gasteiger partial charge on any atom is 0.265 e. The molecule has 1 aliphatic heterocycles. The highest BCUT2D eigenvalue weighted by Crippen LogP contribution is 2.23. The fraction of sp³-hybridized carbons (Fsp3) is 0.722. The number of amides is 1. The maximum atomic E-state index is 12.1. The molecule has 1 N–H and O–H groups in total. The van der Waals surface area contributed by atoms with Crippen LogP contribution < -0.4 is 10.1 Å². The molecule has 1 amide bonds. The number of carbonyl (C=O) groups is 1. The Morgan fingerprint density at radius 2 is 2.12 bits per heavy atom. The predicted molar refractivity (Wildman–Crippen MR) is 100 cm³/mol. The molecule has 2 rings (SSSR count). The molecule has 0 spiro atoms. The Balaban J connectivity index is 1.54. The van der Waals surface area contributed by atoms with Crippen LogP contribution >= 0.6 is 11.3 Å². The first kappa shape index (κ1) is 19.2. The summed E-state index contributed by atoms with van der Waals surface area (Å²) in [6, 6.07) is 2.57. The minimum atomic E-state index is -0.0229. The van der Waals surface area contributed by atoms with Crippen LogP contribution in [0.1, 0.15) is 41.8 Å². The van der Waals surface area contributed by atoms with Crippen LogP contribution in [0.3, 0.4) is 0 Å². The van der Waals surface area contributed by atoms with E-state index >= 15 is 0 Å². The summed E-state index contributed by atoms with van der Waals surface area (Å²) in [5.41, 5.74) is 0. The van der Waals surface area contributed by atoms with Crippen molar-refractivity contribution in [3.05, 3.63) is 16.3 Å². The van der Waals surface area contributed by atoms with Gasteiger partial charge in [0.1, 0.15) is 10.6 Å². The number of thiophene rings is 1.